The van der Waals surface area contributed by atoms with Crippen molar-refractivity contribution in [1.82, 2.24) is 24.6 Å². The lowest BCUT2D eigenvalue weighted by Gasteiger charge is -2.40. The maximum atomic E-state index is 14.0. The van der Waals surface area contributed by atoms with Crippen LogP contribution >= 0.6 is 11.9 Å². The van der Waals surface area contributed by atoms with Gasteiger partial charge in [-0.1, -0.05) is 24.6 Å². The summed E-state index contributed by atoms with van der Waals surface area (Å²) in [5.74, 6) is -1.89. The SMILES string of the molecule is C=CSN1CCN(Cc2ccc(OC(F)(F)F)c(F)c2)C(COCc2cn[nH]n2)C1. The zero-order valence-corrected chi connectivity index (χ0v) is 16.8. The number of rotatable bonds is 9. The van der Waals surface area contributed by atoms with E-state index >= 15 is 0 Å². The third kappa shape index (κ3) is 6.69. The van der Waals surface area contributed by atoms with Crippen LogP contribution in [0.25, 0.3) is 0 Å². The lowest BCUT2D eigenvalue weighted by Crippen LogP contribution is -2.52. The maximum absolute atomic E-state index is 14.0. The van der Waals surface area contributed by atoms with Crippen molar-refractivity contribution in [3.05, 3.63) is 53.5 Å². The molecule has 1 aliphatic rings. The van der Waals surface area contributed by atoms with Crippen molar-refractivity contribution in [3.63, 3.8) is 0 Å². The molecular weight excluding hydrogens is 426 g/mol. The Bertz CT molecular complexity index is 821. The zero-order chi connectivity index (χ0) is 21.6. The summed E-state index contributed by atoms with van der Waals surface area (Å²) >= 11 is 1.51. The van der Waals surface area contributed by atoms with Crippen molar-refractivity contribution in [2.45, 2.75) is 25.6 Å². The predicted octanol–water partition coefficient (Wildman–Crippen LogP) is 3.34. The fourth-order valence-corrected chi connectivity index (χ4v) is 3.77. The smallest absolute Gasteiger partial charge is 0.403 e. The monoisotopic (exact) mass is 447 g/mol. The summed E-state index contributed by atoms with van der Waals surface area (Å²) in [5, 5.41) is 11.9. The number of hydrogen-bond donors (Lipinski definition) is 1. The minimum Gasteiger partial charge on any atom is -0.403 e. The molecule has 12 heteroatoms. The molecule has 3 rings (SSSR count). The van der Waals surface area contributed by atoms with Crippen LogP contribution in [0, 0.1) is 5.82 Å². The van der Waals surface area contributed by atoms with Gasteiger partial charge in [0.25, 0.3) is 0 Å². The number of aromatic amines is 1. The van der Waals surface area contributed by atoms with E-state index in [1.54, 1.807) is 11.6 Å². The minimum absolute atomic E-state index is 0.00716. The molecule has 2 heterocycles. The summed E-state index contributed by atoms with van der Waals surface area (Å²) in [6.45, 7) is 6.93. The van der Waals surface area contributed by atoms with E-state index in [1.807, 2.05) is 0 Å². The zero-order valence-electron chi connectivity index (χ0n) is 15.9. The van der Waals surface area contributed by atoms with Crippen LogP contribution in [0.4, 0.5) is 17.6 Å². The molecule has 1 fully saturated rings. The van der Waals surface area contributed by atoms with Gasteiger partial charge in [0.2, 0.25) is 0 Å². The Morgan fingerprint density at radius 2 is 2.17 bits per heavy atom. The molecule has 1 unspecified atom stereocenters. The number of halogens is 4. The largest absolute Gasteiger partial charge is 0.573 e. The highest BCUT2D eigenvalue weighted by molar-refractivity contribution is 7.99. The maximum Gasteiger partial charge on any atom is 0.573 e. The molecule has 1 aromatic carbocycles. The van der Waals surface area contributed by atoms with E-state index in [4.69, 9.17) is 4.74 Å². The van der Waals surface area contributed by atoms with Gasteiger partial charge >= 0.3 is 6.36 Å². The van der Waals surface area contributed by atoms with Crippen LogP contribution in [0.3, 0.4) is 0 Å². The summed E-state index contributed by atoms with van der Waals surface area (Å²) in [5.41, 5.74) is 1.23. The molecule has 1 atom stereocenters. The Balaban J connectivity index is 1.63. The van der Waals surface area contributed by atoms with Gasteiger partial charge in [-0.3, -0.25) is 4.90 Å². The number of nitrogens with one attached hydrogen (secondary N) is 1. The molecule has 0 aliphatic carbocycles. The van der Waals surface area contributed by atoms with Gasteiger partial charge in [0.05, 0.1) is 19.4 Å². The molecule has 0 amide bonds. The molecule has 30 heavy (non-hydrogen) atoms. The number of ether oxygens (including phenoxy) is 2. The van der Waals surface area contributed by atoms with Crippen molar-refractivity contribution in [1.29, 1.82) is 0 Å². The third-order valence-corrected chi connectivity index (χ3v) is 5.20. The van der Waals surface area contributed by atoms with Crippen LogP contribution in [-0.2, 0) is 17.9 Å². The van der Waals surface area contributed by atoms with E-state index in [-0.39, 0.29) is 6.04 Å². The fourth-order valence-electron chi connectivity index (χ4n) is 3.11. The second kappa shape index (κ2) is 10.2. The Hall–Kier alpha value is -2.15. The summed E-state index contributed by atoms with van der Waals surface area (Å²) < 4.78 is 62.6. The molecular formula is C18H21F4N5O2S. The normalized spacial score (nSPS) is 18.5. The molecule has 0 bridgehead atoms. The number of nitrogens with zero attached hydrogens (tertiary/aromatic N) is 4. The first-order valence-corrected chi connectivity index (χ1v) is 9.91. The molecule has 1 saturated heterocycles. The van der Waals surface area contributed by atoms with E-state index in [2.05, 4.69) is 35.9 Å². The van der Waals surface area contributed by atoms with Crippen molar-refractivity contribution < 1.29 is 27.0 Å². The predicted molar refractivity (Wildman–Crippen MR) is 103 cm³/mol. The van der Waals surface area contributed by atoms with Crippen molar-refractivity contribution in [3.8, 4) is 5.75 Å². The van der Waals surface area contributed by atoms with Crippen LogP contribution < -0.4 is 4.74 Å². The Morgan fingerprint density at radius 1 is 1.33 bits per heavy atom. The van der Waals surface area contributed by atoms with Crippen molar-refractivity contribution in [2.24, 2.45) is 0 Å². The molecule has 0 radical (unpaired) electrons. The third-order valence-electron chi connectivity index (χ3n) is 4.42. The average Bonchev–Trinajstić information content (AvgIpc) is 3.19. The van der Waals surface area contributed by atoms with Gasteiger partial charge in [-0.05, 0) is 23.1 Å². The van der Waals surface area contributed by atoms with E-state index in [0.717, 1.165) is 18.7 Å². The van der Waals surface area contributed by atoms with E-state index in [1.165, 1.54) is 18.0 Å². The number of H-pyrrole nitrogens is 1. The summed E-state index contributed by atoms with van der Waals surface area (Å²) in [6.07, 6.45) is -3.36. The molecule has 1 aromatic heterocycles. The first-order chi connectivity index (χ1) is 14.3. The average molecular weight is 447 g/mol. The van der Waals surface area contributed by atoms with Crippen LogP contribution in [0.5, 0.6) is 5.75 Å². The van der Waals surface area contributed by atoms with Crippen LogP contribution in [-0.4, -0.2) is 63.3 Å². The Kier molecular flexibility index (Phi) is 7.69. The first kappa shape index (κ1) is 22.5. The van der Waals surface area contributed by atoms with Gasteiger partial charge in [0.15, 0.2) is 11.6 Å². The number of alkyl halides is 3. The van der Waals surface area contributed by atoms with Gasteiger partial charge in [-0.2, -0.15) is 15.4 Å². The van der Waals surface area contributed by atoms with Crippen LogP contribution in [0.1, 0.15) is 11.3 Å². The lowest BCUT2D eigenvalue weighted by molar-refractivity contribution is -0.275. The minimum atomic E-state index is -4.94. The molecule has 0 spiro atoms. The summed E-state index contributed by atoms with van der Waals surface area (Å²) in [6, 6.07) is 3.49. The van der Waals surface area contributed by atoms with Gasteiger partial charge in [-0.25, -0.2) is 8.70 Å². The Morgan fingerprint density at radius 3 is 2.83 bits per heavy atom. The van der Waals surface area contributed by atoms with Gasteiger partial charge in [-0.15, -0.1) is 13.2 Å². The highest BCUT2D eigenvalue weighted by atomic mass is 32.2. The van der Waals surface area contributed by atoms with Crippen molar-refractivity contribution in [2.75, 3.05) is 26.2 Å². The van der Waals surface area contributed by atoms with Crippen molar-refractivity contribution >= 4 is 11.9 Å². The van der Waals surface area contributed by atoms with E-state index in [9.17, 15) is 17.6 Å². The first-order valence-electron chi connectivity index (χ1n) is 9.07. The number of aromatic nitrogens is 3. The standard InChI is InChI=1S/C18H21F4N5O2S/c1-2-30-27-6-5-26(15(10-27)12-28-11-14-8-23-25-24-14)9-13-3-4-17(16(19)7-13)29-18(20,21)22/h2-4,7-8,15H,1,5-6,9-12H2,(H,23,24,25). The second-order valence-corrected chi connectivity index (χ2v) is 7.63. The molecule has 2 aromatic rings. The molecule has 1 N–H and O–H groups in total. The van der Waals surface area contributed by atoms with Crippen LogP contribution in [0.2, 0.25) is 0 Å². The number of hydrogen-bond acceptors (Lipinski definition) is 7. The number of benzene rings is 1. The lowest BCUT2D eigenvalue weighted by atomic mass is 10.1. The Labute approximate surface area is 175 Å². The highest BCUT2D eigenvalue weighted by Gasteiger charge is 2.32. The van der Waals surface area contributed by atoms with E-state index in [0.29, 0.717) is 44.1 Å². The molecule has 7 nitrogen and oxygen atoms in total. The topological polar surface area (TPSA) is 66.5 Å². The highest BCUT2D eigenvalue weighted by Crippen LogP contribution is 2.27. The second-order valence-electron chi connectivity index (χ2n) is 6.57. The molecule has 1 aliphatic heterocycles. The van der Waals surface area contributed by atoms with E-state index < -0.39 is 17.9 Å². The molecule has 164 valence electrons. The summed E-state index contributed by atoms with van der Waals surface area (Å²) in [7, 11) is 0. The molecule has 0 saturated carbocycles. The van der Waals surface area contributed by atoms with Crippen LogP contribution in [0.15, 0.2) is 36.4 Å². The van der Waals surface area contributed by atoms with Gasteiger partial charge in [0, 0.05) is 32.2 Å². The summed E-state index contributed by atoms with van der Waals surface area (Å²) in [4.78, 5) is 2.11. The number of piperazine rings is 1. The quantitative estimate of drug-likeness (QED) is 0.467. The van der Waals surface area contributed by atoms with Gasteiger partial charge < -0.3 is 9.47 Å². The van der Waals surface area contributed by atoms with Gasteiger partial charge in [0.1, 0.15) is 5.69 Å². The fraction of sp³-hybridized carbons (Fsp3) is 0.444.